The van der Waals surface area contributed by atoms with E-state index in [1.165, 1.54) is 24.5 Å². The second kappa shape index (κ2) is 5.14. The van der Waals surface area contributed by atoms with E-state index < -0.39 is 5.97 Å². The van der Waals surface area contributed by atoms with Gasteiger partial charge in [-0.05, 0) is 18.6 Å². The van der Waals surface area contributed by atoms with Crippen molar-refractivity contribution in [2.45, 2.75) is 13.8 Å². The third kappa shape index (κ3) is 2.45. The second-order valence-corrected chi connectivity index (χ2v) is 5.28. The van der Waals surface area contributed by atoms with E-state index in [2.05, 4.69) is 4.98 Å². The Morgan fingerprint density at radius 3 is 2.86 bits per heavy atom. The molecule has 2 heterocycles. The quantitative estimate of drug-likeness (QED) is 0.537. The number of rotatable bonds is 2. The van der Waals surface area contributed by atoms with Crippen LogP contribution >= 0.6 is 11.3 Å². The zero-order valence-electron chi connectivity index (χ0n) is 11.4. The largest absolute Gasteiger partial charge is 0.463 e. The van der Waals surface area contributed by atoms with Gasteiger partial charge in [0.1, 0.15) is 17.6 Å². The van der Waals surface area contributed by atoms with Crippen LogP contribution < -0.4 is 10.2 Å². The van der Waals surface area contributed by atoms with Gasteiger partial charge in [-0.25, -0.2) is 4.98 Å². The minimum atomic E-state index is -0.418. The van der Waals surface area contributed by atoms with Gasteiger partial charge in [0, 0.05) is 18.4 Å². The minimum absolute atomic E-state index is 0.153. The highest BCUT2D eigenvalue weighted by molar-refractivity contribution is 7.07. The Kier molecular flexibility index (Phi) is 3.31. The van der Waals surface area contributed by atoms with E-state index in [4.69, 9.17) is 9.15 Å². The van der Waals surface area contributed by atoms with Crippen molar-refractivity contribution < 1.29 is 13.9 Å². The molecule has 6 heteroatoms. The number of ether oxygens (including phenoxy) is 1. The summed E-state index contributed by atoms with van der Waals surface area (Å²) in [5, 5.41) is 2.23. The number of fused-ring (bicyclic) bond motifs is 1. The first kappa shape index (κ1) is 13.5. The van der Waals surface area contributed by atoms with Gasteiger partial charge >= 0.3 is 5.97 Å². The molecule has 3 rings (SSSR count). The molecule has 106 valence electrons. The molecule has 0 saturated heterocycles. The summed E-state index contributed by atoms with van der Waals surface area (Å²) in [5.74, 6) is -0.0292. The lowest BCUT2D eigenvalue weighted by atomic mass is 10.1. The van der Waals surface area contributed by atoms with Gasteiger partial charge in [0.05, 0.1) is 22.2 Å². The van der Waals surface area contributed by atoms with Crippen LogP contribution in [0.1, 0.15) is 12.5 Å². The zero-order chi connectivity index (χ0) is 15.0. The highest BCUT2D eigenvalue weighted by Crippen LogP contribution is 2.26. The smallest absolute Gasteiger partial charge is 0.308 e. The maximum absolute atomic E-state index is 12.5. The number of carbonyl (C=O) groups is 1. The average molecular weight is 301 g/mol. The Hall–Kier alpha value is -2.47. The Morgan fingerprint density at radius 2 is 2.19 bits per heavy atom. The summed E-state index contributed by atoms with van der Waals surface area (Å²) in [6.07, 6.45) is 1.38. The Morgan fingerprint density at radius 1 is 1.38 bits per heavy atom. The lowest BCUT2D eigenvalue weighted by Crippen LogP contribution is -2.07. The van der Waals surface area contributed by atoms with Crippen LogP contribution in [-0.4, -0.2) is 11.0 Å². The van der Waals surface area contributed by atoms with Crippen LogP contribution in [-0.2, 0) is 4.79 Å². The molecule has 0 amide bonds. The number of hydrogen-bond donors (Lipinski definition) is 0. The number of nitrogens with zero attached hydrogens (tertiary/aromatic N) is 1. The number of aromatic nitrogens is 1. The van der Waals surface area contributed by atoms with Gasteiger partial charge in [-0.2, -0.15) is 0 Å². The van der Waals surface area contributed by atoms with Crippen LogP contribution in [0.3, 0.4) is 0 Å². The summed E-state index contributed by atoms with van der Waals surface area (Å²) >= 11 is 1.41. The van der Waals surface area contributed by atoms with E-state index in [0.717, 1.165) is 0 Å². The van der Waals surface area contributed by atoms with E-state index in [-0.39, 0.29) is 5.43 Å². The summed E-state index contributed by atoms with van der Waals surface area (Å²) in [5.41, 5.74) is 3.59. The van der Waals surface area contributed by atoms with E-state index in [9.17, 15) is 9.59 Å². The molecule has 3 aromatic rings. The second-order valence-electron chi connectivity index (χ2n) is 4.56. The number of aryl methyl sites for hydroxylation is 1. The SMILES string of the molecule is CC(=O)Oc1cc2occ(-c3cscn3)c(=O)c2cc1C. The molecule has 0 bridgehead atoms. The fourth-order valence-electron chi connectivity index (χ4n) is 2.05. The Bertz CT molecular complexity index is 881. The standard InChI is InChI=1S/C15H11NO4S/c1-8-3-10-14(4-13(8)20-9(2)17)19-5-11(15(10)18)12-6-21-7-16-12/h3-7H,1-2H3. The molecule has 0 atom stereocenters. The van der Waals surface area contributed by atoms with E-state index >= 15 is 0 Å². The molecule has 5 nitrogen and oxygen atoms in total. The Balaban J connectivity index is 2.21. The molecule has 2 aromatic heterocycles. The fraction of sp³-hybridized carbons (Fsp3) is 0.133. The maximum atomic E-state index is 12.5. The predicted octanol–water partition coefficient (Wildman–Crippen LogP) is 3.15. The van der Waals surface area contributed by atoms with Gasteiger partial charge in [0.25, 0.3) is 0 Å². The molecular weight excluding hydrogens is 290 g/mol. The average Bonchev–Trinajstić information content (AvgIpc) is 2.94. The van der Waals surface area contributed by atoms with Crippen molar-refractivity contribution in [3.8, 4) is 17.0 Å². The van der Waals surface area contributed by atoms with E-state index in [1.54, 1.807) is 29.9 Å². The summed E-state index contributed by atoms with van der Waals surface area (Å²) in [6.45, 7) is 3.10. The summed E-state index contributed by atoms with van der Waals surface area (Å²) < 4.78 is 10.6. The van der Waals surface area contributed by atoms with Crippen LogP contribution in [0, 0.1) is 6.92 Å². The van der Waals surface area contributed by atoms with Crippen LogP contribution in [0.4, 0.5) is 0 Å². The summed E-state index contributed by atoms with van der Waals surface area (Å²) in [4.78, 5) is 27.7. The predicted molar refractivity (Wildman–Crippen MR) is 79.6 cm³/mol. The first-order valence-electron chi connectivity index (χ1n) is 6.19. The van der Waals surface area contributed by atoms with Crippen LogP contribution in [0.25, 0.3) is 22.2 Å². The molecule has 0 fully saturated rings. The molecule has 0 aliphatic rings. The topological polar surface area (TPSA) is 69.4 Å². The van der Waals surface area contributed by atoms with E-state index in [0.29, 0.717) is 33.5 Å². The van der Waals surface area contributed by atoms with Gasteiger partial charge in [-0.15, -0.1) is 11.3 Å². The van der Waals surface area contributed by atoms with Crippen molar-refractivity contribution in [1.82, 2.24) is 4.98 Å². The van der Waals surface area contributed by atoms with Gasteiger partial charge in [0.2, 0.25) is 5.43 Å². The normalized spacial score (nSPS) is 10.8. The molecule has 0 aliphatic carbocycles. The van der Waals surface area contributed by atoms with Crippen molar-refractivity contribution in [3.63, 3.8) is 0 Å². The van der Waals surface area contributed by atoms with Gasteiger partial charge in [-0.1, -0.05) is 0 Å². The molecule has 21 heavy (non-hydrogen) atoms. The first-order valence-corrected chi connectivity index (χ1v) is 7.13. The summed E-state index contributed by atoms with van der Waals surface area (Å²) in [6, 6.07) is 3.22. The third-order valence-electron chi connectivity index (χ3n) is 3.03. The number of hydrogen-bond acceptors (Lipinski definition) is 6. The van der Waals surface area contributed by atoms with Crippen molar-refractivity contribution in [1.29, 1.82) is 0 Å². The van der Waals surface area contributed by atoms with Gasteiger partial charge in [0.15, 0.2) is 0 Å². The molecule has 0 aliphatic heterocycles. The lowest BCUT2D eigenvalue weighted by Gasteiger charge is -2.07. The lowest BCUT2D eigenvalue weighted by molar-refractivity contribution is -0.131. The summed E-state index contributed by atoms with van der Waals surface area (Å²) in [7, 11) is 0. The molecule has 0 radical (unpaired) electrons. The van der Waals surface area contributed by atoms with Crippen molar-refractivity contribution >= 4 is 28.3 Å². The van der Waals surface area contributed by atoms with Crippen LogP contribution in [0.15, 0.2) is 38.5 Å². The molecule has 0 saturated carbocycles. The van der Waals surface area contributed by atoms with Crippen LogP contribution in [0.5, 0.6) is 5.75 Å². The first-order chi connectivity index (χ1) is 10.1. The molecule has 0 N–H and O–H groups in total. The Labute approximate surface area is 123 Å². The highest BCUT2D eigenvalue weighted by atomic mass is 32.1. The molecular formula is C15H11NO4S. The van der Waals surface area contributed by atoms with Crippen molar-refractivity contribution in [3.05, 3.63) is 45.1 Å². The number of carbonyl (C=O) groups excluding carboxylic acids is 1. The fourth-order valence-corrected chi connectivity index (χ4v) is 2.60. The van der Waals surface area contributed by atoms with Crippen molar-refractivity contribution in [2.75, 3.05) is 0 Å². The van der Waals surface area contributed by atoms with Crippen molar-refractivity contribution in [2.24, 2.45) is 0 Å². The zero-order valence-corrected chi connectivity index (χ0v) is 12.2. The molecule has 1 aromatic carbocycles. The third-order valence-corrected chi connectivity index (χ3v) is 3.62. The monoisotopic (exact) mass is 301 g/mol. The number of thiazole rings is 1. The molecule has 0 unspecified atom stereocenters. The van der Waals surface area contributed by atoms with Gasteiger partial charge < -0.3 is 9.15 Å². The van der Waals surface area contributed by atoms with E-state index in [1.807, 2.05) is 0 Å². The van der Waals surface area contributed by atoms with Crippen LogP contribution in [0.2, 0.25) is 0 Å². The molecule has 0 spiro atoms. The maximum Gasteiger partial charge on any atom is 0.308 e. The highest BCUT2D eigenvalue weighted by Gasteiger charge is 2.13. The van der Waals surface area contributed by atoms with Gasteiger partial charge in [-0.3, -0.25) is 9.59 Å². The number of benzene rings is 1. The minimum Gasteiger partial charge on any atom is -0.463 e. The number of esters is 1.